The number of aliphatic carboxylic acids is 1. The maximum Gasteiger partial charge on any atom is 0.410 e. The fraction of sp³-hybridized carbons (Fsp3) is 0.769. The molecule has 1 aliphatic heterocycles. The van der Waals surface area contributed by atoms with Crippen LogP contribution >= 0.6 is 0 Å². The number of hydrogen-bond donors (Lipinski definition) is 2. The van der Waals surface area contributed by atoms with Crippen molar-refractivity contribution in [2.75, 3.05) is 13.1 Å². The third kappa shape index (κ3) is 4.71. The van der Waals surface area contributed by atoms with E-state index in [-0.39, 0.29) is 6.42 Å². The van der Waals surface area contributed by atoms with Gasteiger partial charge in [-0.25, -0.2) is 4.79 Å². The maximum absolute atomic E-state index is 11.9. The van der Waals surface area contributed by atoms with Crippen molar-refractivity contribution in [1.29, 1.82) is 0 Å². The quantitative estimate of drug-likeness (QED) is 0.751. The molecule has 0 radical (unpaired) electrons. The Morgan fingerprint density at radius 1 is 1.35 bits per heavy atom. The van der Waals surface area contributed by atoms with Gasteiger partial charge in [0.25, 0.3) is 0 Å². The minimum Gasteiger partial charge on any atom is -0.481 e. The van der Waals surface area contributed by atoms with Gasteiger partial charge in [-0.3, -0.25) is 9.59 Å². The van der Waals surface area contributed by atoms with E-state index in [9.17, 15) is 14.4 Å². The monoisotopic (exact) mass is 286 g/mol. The van der Waals surface area contributed by atoms with Gasteiger partial charge in [0.1, 0.15) is 5.60 Å². The van der Waals surface area contributed by atoms with Crippen LogP contribution in [-0.2, 0) is 14.3 Å². The van der Waals surface area contributed by atoms with Gasteiger partial charge in [0.15, 0.2) is 0 Å². The highest BCUT2D eigenvalue weighted by atomic mass is 16.6. The number of amides is 2. The van der Waals surface area contributed by atoms with Crippen molar-refractivity contribution in [2.24, 2.45) is 0 Å². The van der Waals surface area contributed by atoms with E-state index in [4.69, 9.17) is 9.84 Å². The highest BCUT2D eigenvalue weighted by Gasteiger charge is 2.38. The number of piperidine rings is 1. The van der Waals surface area contributed by atoms with Gasteiger partial charge in [0.05, 0.1) is 12.0 Å². The molecule has 1 saturated heterocycles. The largest absolute Gasteiger partial charge is 0.481 e. The third-order valence-electron chi connectivity index (χ3n) is 3.23. The first kappa shape index (κ1) is 16.3. The summed E-state index contributed by atoms with van der Waals surface area (Å²) in [6.45, 7) is 6.10. The van der Waals surface area contributed by atoms with Gasteiger partial charge in [0.2, 0.25) is 6.41 Å². The summed E-state index contributed by atoms with van der Waals surface area (Å²) in [7, 11) is 0. The summed E-state index contributed by atoms with van der Waals surface area (Å²) >= 11 is 0. The van der Waals surface area contributed by atoms with E-state index in [0.717, 1.165) is 0 Å². The highest BCUT2D eigenvalue weighted by Crippen LogP contribution is 2.26. The number of carboxylic acids is 1. The molecule has 1 heterocycles. The molecule has 20 heavy (non-hydrogen) atoms. The van der Waals surface area contributed by atoms with Crippen LogP contribution in [0.4, 0.5) is 4.79 Å². The van der Waals surface area contributed by atoms with Crippen LogP contribution in [0.3, 0.4) is 0 Å². The normalized spacial score (nSPS) is 18.2. The molecule has 2 N–H and O–H groups in total. The fourth-order valence-electron chi connectivity index (χ4n) is 2.23. The Labute approximate surface area is 118 Å². The fourth-order valence-corrected chi connectivity index (χ4v) is 2.23. The molecular formula is C13H22N2O5. The third-order valence-corrected chi connectivity index (χ3v) is 3.23. The van der Waals surface area contributed by atoms with Crippen LogP contribution in [0.2, 0.25) is 0 Å². The molecule has 0 bridgehead atoms. The summed E-state index contributed by atoms with van der Waals surface area (Å²) in [5, 5.41) is 11.5. The first-order valence-electron chi connectivity index (χ1n) is 6.58. The molecule has 0 aromatic heterocycles. The van der Waals surface area contributed by atoms with Crippen molar-refractivity contribution >= 4 is 18.5 Å². The summed E-state index contributed by atoms with van der Waals surface area (Å²) in [5.41, 5.74) is -1.33. The number of ether oxygens (including phenoxy) is 1. The average Bonchev–Trinajstić information content (AvgIpc) is 2.26. The Hall–Kier alpha value is -1.79. The number of likely N-dealkylation sites (tertiary alicyclic amines) is 1. The van der Waals surface area contributed by atoms with Gasteiger partial charge in [-0.2, -0.15) is 0 Å². The van der Waals surface area contributed by atoms with Gasteiger partial charge in [-0.1, -0.05) is 0 Å². The van der Waals surface area contributed by atoms with Gasteiger partial charge in [-0.05, 0) is 33.6 Å². The van der Waals surface area contributed by atoms with E-state index in [2.05, 4.69) is 5.32 Å². The Kier molecular flexibility index (Phi) is 4.97. The second-order valence-electron chi connectivity index (χ2n) is 6.08. The van der Waals surface area contributed by atoms with Crippen molar-refractivity contribution in [3.8, 4) is 0 Å². The van der Waals surface area contributed by atoms with Crippen molar-refractivity contribution in [3.63, 3.8) is 0 Å². The molecule has 7 heteroatoms. The molecule has 0 aromatic carbocycles. The van der Waals surface area contributed by atoms with E-state index < -0.39 is 23.2 Å². The number of rotatable bonds is 4. The van der Waals surface area contributed by atoms with Crippen molar-refractivity contribution < 1.29 is 24.2 Å². The minimum atomic E-state index is -0.968. The predicted molar refractivity (Wildman–Crippen MR) is 71.2 cm³/mol. The zero-order valence-electron chi connectivity index (χ0n) is 12.1. The number of nitrogens with zero attached hydrogens (tertiary/aromatic N) is 1. The summed E-state index contributed by atoms with van der Waals surface area (Å²) < 4.78 is 5.27. The molecule has 1 aliphatic rings. The molecule has 0 unspecified atom stereocenters. The van der Waals surface area contributed by atoms with Crippen LogP contribution in [0.25, 0.3) is 0 Å². The molecule has 0 saturated carbocycles. The second-order valence-corrected chi connectivity index (χ2v) is 6.08. The Balaban J connectivity index is 2.62. The molecule has 1 fully saturated rings. The van der Waals surface area contributed by atoms with E-state index in [1.165, 1.54) is 4.90 Å². The number of carbonyl (C=O) groups is 3. The minimum absolute atomic E-state index is 0.145. The molecule has 1 rings (SSSR count). The van der Waals surface area contributed by atoms with Crippen LogP contribution in [0.5, 0.6) is 0 Å². The predicted octanol–water partition coefficient (Wildman–Crippen LogP) is 0.977. The second kappa shape index (κ2) is 6.11. The van der Waals surface area contributed by atoms with Crippen LogP contribution in [0, 0.1) is 0 Å². The maximum atomic E-state index is 11.9. The van der Waals surface area contributed by atoms with Crippen LogP contribution in [0.1, 0.15) is 40.0 Å². The van der Waals surface area contributed by atoms with E-state index in [0.29, 0.717) is 32.3 Å². The Morgan fingerprint density at radius 2 is 1.90 bits per heavy atom. The molecule has 2 amide bonds. The van der Waals surface area contributed by atoms with Gasteiger partial charge in [0, 0.05) is 13.1 Å². The summed E-state index contributed by atoms with van der Waals surface area (Å²) in [4.78, 5) is 35.0. The number of carbonyl (C=O) groups excluding carboxylic acids is 2. The van der Waals surface area contributed by atoms with Gasteiger partial charge >= 0.3 is 12.1 Å². The lowest BCUT2D eigenvalue weighted by Crippen LogP contribution is -2.55. The molecule has 114 valence electrons. The standard InChI is InChI=1S/C13H22N2O5/c1-12(2,3)20-11(19)15-6-4-13(5-7-15,14-9-16)8-10(17)18/h9H,4-8H2,1-3H3,(H,14,16)(H,17,18). The number of nitrogens with one attached hydrogen (secondary N) is 1. The van der Waals surface area contributed by atoms with Crippen molar-refractivity contribution in [2.45, 2.75) is 51.2 Å². The Morgan fingerprint density at radius 3 is 2.30 bits per heavy atom. The summed E-state index contributed by atoms with van der Waals surface area (Å²) in [6.07, 6.45) is 0.765. The number of carboxylic acid groups (broad SMARTS) is 1. The smallest absolute Gasteiger partial charge is 0.410 e. The zero-order valence-corrected chi connectivity index (χ0v) is 12.1. The molecule has 7 nitrogen and oxygen atoms in total. The zero-order chi connectivity index (χ0) is 15.4. The van der Waals surface area contributed by atoms with Gasteiger partial charge in [-0.15, -0.1) is 0 Å². The highest BCUT2D eigenvalue weighted by molar-refractivity contribution is 5.70. The van der Waals surface area contributed by atoms with Gasteiger partial charge < -0.3 is 20.1 Å². The topological polar surface area (TPSA) is 95.9 Å². The lowest BCUT2D eigenvalue weighted by Gasteiger charge is -2.40. The average molecular weight is 286 g/mol. The lowest BCUT2D eigenvalue weighted by atomic mass is 9.84. The summed E-state index contributed by atoms with van der Waals surface area (Å²) in [6, 6.07) is 0. The van der Waals surface area contributed by atoms with E-state index in [1.807, 2.05) is 0 Å². The SMILES string of the molecule is CC(C)(C)OC(=O)N1CCC(CC(=O)O)(NC=O)CC1. The molecule has 0 aliphatic carbocycles. The van der Waals surface area contributed by atoms with E-state index in [1.54, 1.807) is 20.8 Å². The molecular weight excluding hydrogens is 264 g/mol. The molecule has 0 aromatic rings. The number of hydrogen-bond acceptors (Lipinski definition) is 4. The molecule has 0 spiro atoms. The first-order chi connectivity index (χ1) is 9.17. The lowest BCUT2D eigenvalue weighted by molar-refractivity contribution is -0.139. The van der Waals surface area contributed by atoms with Crippen LogP contribution in [-0.4, -0.2) is 52.7 Å². The van der Waals surface area contributed by atoms with Crippen LogP contribution in [0.15, 0.2) is 0 Å². The first-order valence-corrected chi connectivity index (χ1v) is 6.58. The molecule has 0 atom stereocenters. The Bertz CT molecular complexity index is 381. The summed E-state index contributed by atoms with van der Waals surface area (Å²) in [5.74, 6) is -0.968. The van der Waals surface area contributed by atoms with Crippen molar-refractivity contribution in [1.82, 2.24) is 10.2 Å². The van der Waals surface area contributed by atoms with Crippen LogP contribution < -0.4 is 5.32 Å². The van der Waals surface area contributed by atoms with Crippen molar-refractivity contribution in [3.05, 3.63) is 0 Å². The van der Waals surface area contributed by atoms with E-state index >= 15 is 0 Å².